The molecule has 2 rings (SSSR count). The van der Waals surface area contributed by atoms with Gasteiger partial charge in [0.05, 0.1) is 12.1 Å². The van der Waals surface area contributed by atoms with Crippen molar-refractivity contribution in [2.75, 3.05) is 53.4 Å². The van der Waals surface area contributed by atoms with Gasteiger partial charge in [0.1, 0.15) is 0 Å². The number of hydrogen-bond donors (Lipinski definition) is 1. The van der Waals surface area contributed by atoms with Gasteiger partial charge in [-0.25, -0.2) is 0 Å². The third kappa shape index (κ3) is 4.43. The molecule has 5 nitrogen and oxygen atoms in total. The number of piperazine rings is 1. The molecule has 1 aliphatic heterocycles. The minimum absolute atomic E-state index is 0.214. The molecule has 0 bridgehead atoms. The SMILES string of the molecule is CN(C)CC(=O)N1CCN(CC2(O)CCCCC2)CC1. The molecule has 0 spiro atoms. The highest BCUT2D eigenvalue weighted by atomic mass is 16.3. The fourth-order valence-electron chi connectivity index (χ4n) is 3.31. The summed E-state index contributed by atoms with van der Waals surface area (Å²) < 4.78 is 0. The van der Waals surface area contributed by atoms with Gasteiger partial charge in [-0.1, -0.05) is 19.3 Å². The lowest BCUT2D eigenvalue weighted by atomic mass is 9.84. The number of β-amino-alcohol motifs (C(OH)–C–C–N with tert-alkyl or cyclic N) is 1. The fourth-order valence-corrected chi connectivity index (χ4v) is 3.31. The maximum Gasteiger partial charge on any atom is 0.236 e. The molecule has 5 heteroatoms. The first-order valence-electron chi connectivity index (χ1n) is 7.86. The van der Waals surface area contributed by atoms with Gasteiger partial charge in [-0.05, 0) is 26.9 Å². The summed E-state index contributed by atoms with van der Waals surface area (Å²) >= 11 is 0. The first kappa shape index (κ1) is 15.7. The molecule has 2 fully saturated rings. The van der Waals surface area contributed by atoms with Gasteiger partial charge in [-0.2, -0.15) is 0 Å². The molecule has 0 radical (unpaired) electrons. The minimum Gasteiger partial charge on any atom is -0.389 e. The van der Waals surface area contributed by atoms with E-state index in [1.54, 1.807) is 0 Å². The summed E-state index contributed by atoms with van der Waals surface area (Å²) in [6.07, 6.45) is 5.43. The molecule has 0 atom stereocenters. The van der Waals surface area contributed by atoms with E-state index < -0.39 is 5.60 Å². The van der Waals surface area contributed by atoms with Gasteiger partial charge in [0, 0.05) is 32.7 Å². The Morgan fingerprint density at radius 2 is 1.70 bits per heavy atom. The first-order chi connectivity index (χ1) is 9.48. The van der Waals surface area contributed by atoms with Crippen LogP contribution in [0.4, 0.5) is 0 Å². The van der Waals surface area contributed by atoms with Crippen LogP contribution in [0.2, 0.25) is 0 Å². The normalized spacial score (nSPS) is 24.1. The topological polar surface area (TPSA) is 47.0 Å². The fraction of sp³-hybridized carbons (Fsp3) is 0.933. The van der Waals surface area contributed by atoms with E-state index in [0.717, 1.165) is 58.4 Å². The summed E-state index contributed by atoms with van der Waals surface area (Å²) in [5, 5.41) is 10.6. The van der Waals surface area contributed by atoms with E-state index in [-0.39, 0.29) is 5.91 Å². The number of rotatable bonds is 4. The summed E-state index contributed by atoms with van der Waals surface area (Å²) in [6.45, 7) is 4.64. The lowest BCUT2D eigenvalue weighted by molar-refractivity contribution is -0.134. The van der Waals surface area contributed by atoms with Crippen molar-refractivity contribution in [2.24, 2.45) is 0 Å². The van der Waals surface area contributed by atoms with Crippen LogP contribution in [0.5, 0.6) is 0 Å². The van der Waals surface area contributed by atoms with Gasteiger partial charge in [-0.3, -0.25) is 9.69 Å². The molecular formula is C15H29N3O2. The molecule has 0 aromatic rings. The van der Waals surface area contributed by atoms with Gasteiger partial charge in [0.15, 0.2) is 0 Å². The van der Waals surface area contributed by atoms with Crippen molar-refractivity contribution in [3.63, 3.8) is 0 Å². The number of aliphatic hydroxyl groups is 1. The van der Waals surface area contributed by atoms with Crippen LogP contribution in [0.15, 0.2) is 0 Å². The number of amides is 1. The molecule has 1 heterocycles. The Bertz CT molecular complexity index is 319. The number of carbonyl (C=O) groups is 1. The smallest absolute Gasteiger partial charge is 0.236 e. The van der Waals surface area contributed by atoms with Crippen molar-refractivity contribution in [1.82, 2.24) is 14.7 Å². The van der Waals surface area contributed by atoms with E-state index in [9.17, 15) is 9.90 Å². The van der Waals surface area contributed by atoms with Crippen LogP contribution in [0.25, 0.3) is 0 Å². The third-order valence-corrected chi connectivity index (χ3v) is 4.48. The van der Waals surface area contributed by atoms with E-state index >= 15 is 0 Å². The largest absolute Gasteiger partial charge is 0.389 e. The summed E-state index contributed by atoms with van der Waals surface area (Å²) in [5.74, 6) is 0.214. The Morgan fingerprint density at radius 1 is 1.10 bits per heavy atom. The van der Waals surface area contributed by atoms with Crippen molar-refractivity contribution in [3.05, 3.63) is 0 Å². The van der Waals surface area contributed by atoms with E-state index in [2.05, 4.69) is 4.90 Å². The van der Waals surface area contributed by atoms with Crippen LogP contribution >= 0.6 is 0 Å². The van der Waals surface area contributed by atoms with Gasteiger partial charge in [0.25, 0.3) is 0 Å². The van der Waals surface area contributed by atoms with Gasteiger partial charge in [0.2, 0.25) is 5.91 Å². The standard InChI is InChI=1S/C15H29N3O2/c1-16(2)12-14(19)18-10-8-17(9-11-18)13-15(20)6-4-3-5-7-15/h20H,3-13H2,1-2H3. The van der Waals surface area contributed by atoms with Crippen molar-refractivity contribution >= 4 is 5.91 Å². The molecule has 20 heavy (non-hydrogen) atoms. The number of likely N-dealkylation sites (N-methyl/N-ethyl adjacent to an activating group) is 1. The Balaban J connectivity index is 1.75. The highest BCUT2D eigenvalue weighted by molar-refractivity contribution is 5.78. The van der Waals surface area contributed by atoms with Crippen LogP contribution in [-0.4, -0.2) is 84.7 Å². The van der Waals surface area contributed by atoms with Crippen LogP contribution in [0.1, 0.15) is 32.1 Å². The van der Waals surface area contributed by atoms with Crippen LogP contribution in [-0.2, 0) is 4.79 Å². The molecule has 1 saturated heterocycles. The summed E-state index contributed by atoms with van der Waals surface area (Å²) in [6, 6.07) is 0. The van der Waals surface area contributed by atoms with Crippen LogP contribution < -0.4 is 0 Å². The number of carbonyl (C=O) groups excluding carboxylic acids is 1. The lowest BCUT2D eigenvalue weighted by Gasteiger charge is -2.41. The second-order valence-corrected chi connectivity index (χ2v) is 6.68. The molecule has 0 unspecified atom stereocenters. The molecule has 1 saturated carbocycles. The molecule has 2 aliphatic rings. The average molecular weight is 283 g/mol. The predicted octanol–water partition coefficient (Wildman–Crippen LogP) is 0.387. The highest BCUT2D eigenvalue weighted by Gasteiger charge is 2.32. The van der Waals surface area contributed by atoms with Crippen LogP contribution in [0, 0.1) is 0 Å². The van der Waals surface area contributed by atoms with Gasteiger partial charge in [-0.15, -0.1) is 0 Å². The molecule has 1 N–H and O–H groups in total. The molecule has 0 aromatic carbocycles. The predicted molar refractivity (Wildman–Crippen MR) is 79.6 cm³/mol. The monoisotopic (exact) mass is 283 g/mol. The molecule has 1 amide bonds. The van der Waals surface area contributed by atoms with E-state index in [0.29, 0.717) is 6.54 Å². The zero-order valence-electron chi connectivity index (χ0n) is 13.0. The summed E-state index contributed by atoms with van der Waals surface area (Å²) in [4.78, 5) is 18.2. The molecular weight excluding hydrogens is 254 g/mol. The minimum atomic E-state index is -0.478. The Hall–Kier alpha value is -0.650. The number of hydrogen-bond acceptors (Lipinski definition) is 4. The molecule has 1 aliphatic carbocycles. The number of nitrogens with zero attached hydrogens (tertiary/aromatic N) is 3. The van der Waals surface area contributed by atoms with Crippen LogP contribution in [0.3, 0.4) is 0 Å². The maximum absolute atomic E-state index is 12.0. The van der Waals surface area contributed by atoms with Crippen molar-refractivity contribution in [3.8, 4) is 0 Å². The second-order valence-electron chi connectivity index (χ2n) is 6.68. The van der Waals surface area contributed by atoms with Crippen molar-refractivity contribution < 1.29 is 9.90 Å². The Labute approximate surface area is 122 Å². The van der Waals surface area contributed by atoms with Crippen molar-refractivity contribution in [2.45, 2.75) is 37.7 Å². The van der Waals surface area contributed by atoms with Gasteiger partial charge >= 0.3 is 0 Å². The summed E-state index contributed by atoms with van der Waals surface area (Å²) in [7, 11) is 3.85. The van der Waals surface area contributed by atoms with E-state index in [1.807, 2.05) is 23.9 Å². The van der Waals surface area contributed by atoms with E-state index in [1.165, 1.54) is 6.42 Å². The quantitative estimate of drug-likeness (QED) is 0.811. The molecule has 116 valence electrons. The zero-order chi connectivity index (χ0) is 14.6. The first-order valence-corrected chi connectivity index (χ1v) is 7.86. The van der Waals surface area contributed by atoms with Gasteiger partial charge < -0.3 is 14.9 Å². The zero-order valence-corrected chi connectivity index (χ0v) is 13.0. The Kier molecular flexibility index (Phi) is 5.41. The Morgan fingerprint density at radius 3 is 2.25 bits per heavy atom. The van der Waals surface area contributed by atoms with Crippen molar-refractivity contribution in [1.29, 1.82) is 0 Å². The maximum atomic E-state index is 12.0. The third-order valence-electron chi connectivity index (χ3n) is 4.48. The van der Waals surface area contributed by atoms with E-state index in [4.69, 9.17) is 0 Å². The molecule has 0 aromatic heterocycles. The highest BCUT2D eigenvalue weighted by Crippen LogP contribution is 2.29. The average Bonchev–Trinajstić information content (AvgIpc) is 2.39. The summed E-state index contributed by atoms with van der Waals surface area (Å²) in [5.41, 5.74) is -0.478. The second kappa shape index (κ2) is 6.87. The lowest BCUT2D eigenvalue weighted by Crippen LogP contribution is -2.54.